The first kappa shape index (κ1) is 70.0. The molecule has 0 saturated heterocycles. The van der Waals surface area contributed by atoms with Gasteiger partial charge in [-0.05, 0) is 93.0 Å². The monoisotopic (exact) mass is 1530 g/mol. The zero-order chi connectivity index (χ0) is 78.8. The lowest BCUT2D eigenvalue weighted by molar-refractivity contribution is -0.123. The summed E-state index contributed by atoms with van der Waals surface area (Å²) in [5, 5.41) is 7.57. The van der Waals surface area contributed by atoms with Crippen LogP contribution in [0.1, 0.15) is 185 Å². The van der Waals surface area contributed by atoms with Crippen LogP contribution in [0.4, 0.5) is 0 Å². The first-order valence-corrected chi connectivity index (χ1v) is 39.6. The molecule has 16 aromatic rings. The maximum atomic E-state index is 13.0. The molecular formula is C96H72N8O12. The summed E-state index contributed by atoms with van der Waals surface area (Å²) in [6, 6.07) is 54.2. The van der Waals surface area contributed by atoms with E-state index in [9.17, 15) is 57.5 Å². The van der Waals surface area contributed by atoms with Gasteiger partial charge in [-0.25, -0.2) is 0 Å². The highest BCUT2D eigenvalue weighted by Gasteiger charge is 2.50. The molecule has 568 valence electrons. The molecular weight excluding hydrogens is 1460 g/mol. The number of aryl methyl sites for hydroxylation is 4. The predicted octanol–water partition coefficient (Wildman–Crippen LogP) is 16.5. The van der Waals surface area contributed by atoms with Crippen molar-refractivity contribution in [2.24, 2.45) is 0 Å². The molecule has 4 aliphatic heterocycles. The SMILES string of the molecule is O=C1CCn2cc([C@@H]3C(=O)CC(=O)[C@H]3c3c[nH]c4ccccc34)c3cccc1c32.O=C1CCn2cc([C@@H]3C(=O)CC(=O)[C@H]3c3c[nH]c4ccccc34)c3cccc1c32.O=C1CCn2cc([C@H]3C(=O)CC(=O)[C@@H]3c3c[nH]c4ccccc34)c3cccc1c32.O=C1CCn2cc([C@H]3C(=O)CC(=O)[C@@H]3c3c[nH]c4ccccc34)c3cccc1c32. The minimum atomic E-state index is -0.520. The van der Waals surface area contributed by atoms with Gasteiger partial charge in [0.25, 0.3) is 0 Å². The fourth-order valence-corrected chi connectivity index (χ4v) is 20.9. The molecule has 4 saturated carbocycles. The molecule has 0 amide bonds. The van der Waals surface area contributed by atoms with E-state index in [2.05, 4.69) is 38.2 Å². The Morgan fingerprint density at radius 1 is 0.216 bits per heavy atom. The molecule has 4 fully saturated rings. The summed E-state index contributed by atoms with van der Waals surface area (Å²) in [6.45, 7) is 2.44. The number of aromatic nitrogens is 8. The van der Waals surface area contributed by atoms with Crippen molar-refractivity contribution < 1.29 is 57.5 Å². The highest BCUT2D eigenvalue weighted by molar-refractivity contribution is 6.22. The Labute approximate surface area is 659 Å². The van der Waals surface area contributed by atoms with Gasteiger partial charge in [-0.3, -0.25) is 57.5 Å². The summed E-state index contributed by atoms with van der Waals surface area (Å²) < 4.78 is 8.29. The Balaban J connectivity index is 0.0000000966. The first-order chi connectivity index (χ1) is 56.5. The van der Waals surface area contributed by atoms with Crippen LogP contribution in [0.2, 0.25) is 0 Å². The van der Waals surface area contributed by atoms with Gasteiger partial charge in [0.05, 0.1) is 95.1 Å². The number of rotatable bonds is 8. The molecule has 8 atom stereocenters. The van der Waals surface area contributed by atoms with Crippen LogP contribution < -0.4 is 0 Å². The number of aromatic amines is 4. The molecule has 116 heavy (non-hydrogen) atoms. The van der Waals surface area contributed by atoms with Crippen molar-refractivity contribution in [2.75, 3.05) is 0 Å². The van der Waals surface area contributed by atoms with Crippen molar-refractivity contribution >= 4 is 157 Å². The molecule has 4 N–H and O–H groups in total. The lowest BCUT2D eigenvalue weighted by Gasteiger charge is -2.17. The Bertz CT molecular complexity index is 6270. The molecule has 8 aromatic carbocycles. The molecule has 0 spiro atoms. The molecule has 0 bridgehead atoms. The van der Waals surface area contributed by atoms with Gasteiger partial charge in [-0.1, -0.05) is 121 Å². The Kier molecular flexibility index (Phi) is 16.2. The van der Waals surface area contributed by atoms with Crippen molar-refractivity contribution in [3.05, 3.63) is 286 Å². The van der Waals surface area contributed by atoms with Crippen LogP contribution in [0.15, 0.2) is 219 Å². The standard InChI is InChI=1S/4C24H18N2O3/c4*27-19-8-9-26-12-17(14-5-3-6-15(19)24(14)26)23-21(29)10-20(28)22(23)16-11-25-18-7-2-1-4-13(16)18/h4*1-7,11-12,22-23,25H,8-10H2/t4*22-,23-/m1100/s1. The van der Waals surface area contributed by atoms with Crippen molar-refractivity contribution in [1.82, 2.24) is 38.2 Å². The summed E-state index contributed by atoms with van der Waals surface area (Å²) in [5.74, 6) is -3.85. The van der Waals surface area contributed by atoms with Gasteiger partial charge in [0, 0.05) is 189 Å². The lowest BCUT2D eigenvalue weighted by atomic mass is 9.83. The predicted molar refractivity (Wildman–Crippen MR) is 437 cm³/mol. The molecule has 8 aromatic heterocycles. The number of ketones is 12. The topological polar surface area (TPSA) is 288 Å². The Morgan fingerprint density at radius 2 is 0.405 bits per heavy atom. The molecule has 8 aliphatic rings. The van der Waals surface area contributed by atoms with E-state index in [1.807, 2.05) is 219 Å². The second kappa shape index (κ2) is 26.9. The van der Waals surface area contributed by atoms with Crippen LogP contribution >= 0.6 is 0 Å². The third kappa shape index (κ3) is 10.8. The number of benzene rings is 8. The molecule has 24 rings (SSSR count). The molecule has 4 aliphatic carbocycles. The molecule has 20 nitrogen and oxygen atoms in total. The van der Waals surface area contributed by atoms with Crippen molar-refractivity contribution in [2.45, 2.75) is 125 Å². The van der Waals surface area contributed by atoms with Crippen LogP contribution in [0, 0.1) is 0 Å². The minimum absolute atomic E-state index is 0.0345. The summed E-state index contributed by atoms with van der Waals surface area (Å²) in [7, 11) is 0. The van der Waals surface area contributed by atoms with Crippen molar-refractivity contribution in [3.63, 3.8) is 0 Å². The number of para-hydroxylation sites is 8. The number of carbonyl (C=O) groups excluding carboxylic acids is 12. The quantitative estimate of drug-likeness (QED) is 0.103. The Morgan fingerprint density at radius 3 is 0.621 bits per heavy atom. The lowest BCUT2D eigenvalue weighted by Crippen LogP contribution is -2.14. The molecule has 0 radical (unpaired) electrons. The maximum Gasteiger partial charge on any atom is 0.166 e. The second-order valence-corrected chi connectivity index (χ2v) is 32.0. The number of hydrogen-bond acceptors (Lipinski definition) is 12. The smallest absolute Gasteiger partial charge is 0.166 e. The minimum Gasteiger partial charge on any atom is -0.361 e. The van der Waals surface area contributed by atoms with Gasteiger partial charge in [-0.2, -0.15) is 0 Å². The van der Waals surface area contributed by atoms with Gasteiger partial charge >= 0.3 is 0 Å². The second-order valence-electron chi connectivity index (χ2n) is 32.0. The summed E-state index contributed by atoms with van der Waals surface area (Å²) in [4.78, 5) is 166. The molecule has 12 heterocycles. The van der Waals surface area contributed by atoms with Gasteiger partial charge in [0.2, 0.25) is 0 Å². The summed E-state index contributed by atoms with van der Waals surface area (Å²) in [6.07, 6.45) is 17.1. The third-order valence-electron chi connectivity index (χ3n) is 25.9. The van der Waals surface area contributed by atoms with Crippen LogP contribution in [0.25, 0.3) is 87.2 Å². The average molecular weight is 1530 g/mol. The number of hydrogen-bond donors (Lipinski definition) is 4. The highest BCUT2D eigenvalue weighted by Crippen LogP contribution is 2.52. The zero-order valence-electron chi connectivity index (χ0n) is 62.6. The van der Waals surface area contributed by atoms with Gasteiger partial charge in [0.1, 0.15) is 46.3 Å². The van der Waals surface area contributed by atoms with E-state index in [0.717, 1.165) is 132 Å². The van der Waals surface area contributed by atoms with E-state index in [1.54, 1.807) is 0 Å². The highest BCUT2D eigenvalue weighted by atomic mass is 16.2. The summed E-state index contributed by atoms with van der Waals surface area (Å²) in [5.41, 5.74) is 17.2. The van der Waals surface area contributed by atoms with E-state index >= 15 is 0 Å². The van der Waals surface area contributed by atoms with Crippen LogP contribution in [0.3, 0.4) is 0 Å². The number of fused-ring (bicyclic) bond motifs is 4. The van der Waals surface area contributed by atoms with Crippen molar-refractivity contribution in [1.29, 1.82) is 0 Å². The number of carbonyl (C=O) groups is 12. The number of Topliss-reactive ketones (excluding diaryl/α,β-unsaturated/α-hetero) is 12. The van der Waals surface area contributed by atoms with Crippen LogP contribution in [0.5, 0.6) is 0 Å². The number of nitrogens with one attached hydrogen (secondary N) is 4. The fraction of sp³-hybridized carbons (Fsp3) is 0.208. The van der Waals surface area contributed by atoms with Gasteiger partial charge in [0.15, 0.2) is 23.1 Å². The van der Waals surface area contributed by atoms with Gasteiger partial charge < -0.3 is 38.2 Å². The normalized spacial score (nSPS) is 21.6. The van der Waals surface area contributed by atoms with Crippen molar-refractivity contribution in [3.8, 4) is 0 Å². The van der Waals surface area contributed by atoms with Crippen LogP contribution in [-0.2, 0) is 64.5 Å². The third-order valence-corrected chi connectivity index (χ3v) is 25.9. The first-order valence-electron chi connectivity index (χ1n) is 39.6. The van der Waals surface area contributed by atoms with Crippen LogP contribution in [-0.4, -0.2) is 108 Å². The fourth-order valence-electron chi connectivity index (χ4n) is 20.9. The van der Waals surface area contributed by atoms with E-state index in [-0.39, 0.29) is 95.1 Å². The van der Waals surface area contributed by atoms with E-state index in [0.29, 0.717) is 74.1 Å². The maximum absolute atomic E-state index is 13.0. The zero-order valence-corrected chi connectivity index (χ0v) is 62.6. The number of nitrogens with zero attached hydrogens (tertiary/aromatic N) is 4. The Hall–Kier alpha value is -13.9. The molecule has 20 heteroatoms. The number of H-pyrrole nitrogens is 4. The molecule has 0 unspecified atom stereocenters. The largest absolute Gasteiger partial charge is 0.361 e. The average Bonchev–Trinajstić information content (AvgIpc) is 1.59. The van der Waals surface area contributed by atoms with Gasteiger partial charge in [-0.15, -0.1) is 0 Å². The van der Waals surface area contributed by atoms with E-state index < -0.39 is 47.3 Å². The van der Waals surface area contributed by atoms with E-state index in [4.69, 9.17) is 0 Å². The van der Waals surface area contributed by atoms with E-state index in [1.165, 1.54) is 0 Å². The summed E-state index contributed by atoms with van der Waals surface area (Å²) >= 11 is 0.